The van der Waals surface area contributed by atoms with Gasteiger partial charge in [-0.1, -0.05) is 38.1 Å². The van der Waals surface area contributed by atoms with Gasteiger partial charge in [0.15, 0.2) is 0 Å². The second-order valence-corrected chi connectivity index (χ2v) is 5.45. The Kier molecular flexibility index (Phi) is 4.58. The minimum Gasteiger partial charge on any atom is -0.320 e. The Morgan fingerprint density at radius 3 is 2.48 bits per heavy atom. The van der Waals surface area contributed by atoms with E-state index in [2.05, 4.69) is 36.4 Å². The van der Waals surface area contributed by atoms with Crippen molar-refractivity contribution in [2.75, 3.05) is 5.32 Å². The van der Waals surface area contributed by atoms with E-state index in [9.17, 15) is 4.79 Å². The molecule has 0 radical (unpaired) electrons. The van der Waals surface area contributed by atoms with E-state index in [-0.39, 0.29) is 5.91 Å². The fourth-order valence-electron chi connectivity index (χ4n) is 2.06. The average molecular weight is 283 g/mol. The predicted octanol–water partition coefficient (Wildman–Crippen LogP) is 3.50. The first kappa shape index (κ1) is 15.0. The lowest BCUT2D eigenvalue weighted by Gasteiger charge is -2.04. The van der Waals surface area contributed by atoms with Gasteiger partial charge < -0.3 is 5.32 Å². The summed E-state index contributed by atoms with van der Waals surface area (Å²) in [5.74, 6) is 0.360. The molecule has 1 N–H and O–H groups in total. The van der Waals surface area contributed by atoms with Gasteiger partial charge in [-0.2, -0.15) is 5.10 Å². The molecule has 0 saturated heterocycles. The van der Waals surface area contributed by atoms with Crippen LogP contribution in [0.5, 0.6) is 0 Å². The summed E-state index contributed by atoms with van der Waals surface area (Å²) in [5, 5.41) is 7.01. The number of nitrogens with zero attached hydrogens (tertiary/aromatic N) is 2. The van der Waals surface area contributed by atoms with Gasteiger partial charge in [0.05, 0.1) is 11.4 Å². The fraction of sp³-hybridized carbons (Fsp3) is 0.294. The Labute approximate surface area is 125 Å². The summed E-state index contributed by atoms with van der Waals surface area (Å²) in [6, 6.07) is 8.23. The summed E-state index contributed by atoms with van der Waals surface area (Å²) in [4.78, 5) is 11.9. The van der Waals surface area contributed by atoms with Gasteiger partial charge in [-0.25, -0.2) is 0 Å². The number of hydrogen-bond acceptors (Lipinski definition) is 2. The Hall–Kier alpha value is -2.36. The SMILES string of the molecule is Cc1nn(C)cc1NC(=O)/C=C/c1ccc(C(C)C)cc1. The Balaban J connectivity index is 2.00. The number of carbonyl (C=O) groups excluding carboxylic acids is 1. The second kappa shape index (κ2) is 6.39. The number of nitrogens with one attached hydrogen (secondary N) is 1. The van der Waals surface area contributed by atoms with Crippen LogP contribution in [0, 0.1) is 6.92 Å². The highest BCUT2D eigenvalue weighted by Gasteiger charge is 2.05. The minimum absolute atomic E-state index is 0.154. The van der Waals surface area contributed by atoms with E-state index in [4.69, 9.17) is 0 Å². The zero-order valence-electron chi connectivity index (χ0n) is 12.9. The van der Waals surface area contributed by atoms with Gasteiger partial charge in [0.2, 0.25) is 5.91 Å². The molecule has 110 valence electrons. The molecule has 0 aliphatic rings. The smallest absolute Gasteiger partial charge is 0.248 e. The van der Waals surface area contributed by atoms with Crippen molar-refractivity contribution < 1.29 is 4.79 Å². The van der Waals surface area contributed by atoms with Crippen LogP contribution in [0.2, 0.25) is 0 Å². The maximum Gasteiger partial charge on any atom is 0.248 e. The highest BCUT2D eigenvalue weighted by atomic mass is 16.1. The van der Waals surface area contributed by atoms with Crippen molar-refractivity contribution >= 4 is 17.7 Å². The van der Waals surface area contributed by atoms with Crippen molar-refractivity contribution in [3.8, 4) is 0 Å². The number of carbonyl (C=O) groups is 1. The quantitative estimate of drug-likeness (QED) is 0.873. The largest absolute Gasteiger partial charge is 0.320 e. The molecule has 0 fully saturated rings. The van der Waals surface area contributed by atoms with Crippen LogP contribution >= 0.6 is 0 Å². The minimum atomic E-state index is -0.154. The molecule has 4 heteroatoms. The van der Waals surface area contributed by atoms with Crippen molar-refractivity contribution in [3.05, 3.63) is 53.4 Å². The number of aromatic nitrogens is 2. The van der Waals surface area contributed by atoms with Crippen LogP contribution in [0.15, 0.2) is 36.5 Å². The number of hydrogen-bond donors (Lipinski definition) is 1. The zero-order valence-corrected chi connectivity index (χ0v) is 12.9. The molecular weight excluding hydrogens is 262 g/mol. The zero-order chi connectivity index (χ0) is 15.4. The van der Waals surface area contributed by atoms with Crippen LogP contribution in [0.4, 0.5) is 5.69 Å². The molecule has 1 aromatic heterocycles. The summed E-state index contributed by atoms with van der Waals surface area (Å²) >= 11 is 0. The molecule has 2 aromatic rings. The standard InChI is InChI=1S/C17H21N3O/c1-12(2)15-8-5-14(6-9-15)7-10-17(21)18-16-11-20(4)19-13(16)3/h5-12H,1-4H3,(H,18,21)/b10-7+. The second-order valence-electron chi connectivity index (χ2n) is 5.45. The summed E-state index contributed by atoms with van der Waals surface area (Å²) in [7, 11) is 1.83. The van der Waals surface area contributed by atoms with Crippen LogP contribution < -0.4 is 5.32 Å². The lowest BCUT2D eigenvalue weighted by atomic mass is 10.0. The molecule has 0 unspecified atom stereocenters. The summed E-state index contributed by atoms with van der Waals surface area (Å²) < 4.78 is 1.68. The Bertz CT molecular complexity index is 651. The van der Waals surface area contributed by atoms with Gasteiger partial charge in [-0.05, 0) is 30.0 Å². The van der Waals surface area contributed by atoms with E-state index in [1.165, 1.54) is 11.6 Å². The molecule has 0 aliphatic carbocycles. The summed E-state index contributed by atoms with van der Waals surface area (Å²) in [6.07, 6.45) is 5.14. The highest BCUT2D eigenvalue weighted by molar-refractivity contribution is 6.02. The first-order chi connectivity index (χ1) is 9.95. The van der Waals surface area contributed by atoms with Crippen molar-refractivity contribution in [3.63, 3.8) is 0 Å². The van der Waals surface area contributed by atoms with E-state index in [1.807, 2.05) is 32.2 Å². The molecule has 4 nitrogen and oxygen atoms in total. The monoisotopic (exact) mass is 283 g/mol. The maximum atomic E-state index is 11.9. The fourth-order valence-corrected chi connectivity index (χ4v) is 2.06. The molecule has 0 spiro atoms. The Morgan fingerprint density at radius 2 is 1.95 bits per heavy atom. The molecule has 21 heavy (non-hydrogen) atoms. The third kappa shape index (κ3) is 4.05. The third-order valence-corrected chi connectivity index (χ3v) is 3.30. The molecule has 1 amide bonds. The van der Waals surface area contributed by atoms with Gasteiger partial charge in [-0.3, -0.25) is 9.48 Å². The van der Waals surface area contributed by atoms with Gasteiger partial charge in [0, 0.05) is 19.3 Å². The van der Waals surface area contributed by atoms with Gasteiger partial charge in [0.1, 0.15) is 0 Å². The maximum absolute atomic E-state index is 11.9. The molecule has 0 atom stereocenters. The van der Waals surface area contributed by atoms with Crippen LogP contribution in [0.1, 0.15) is 36.6 Å². The Morgan fingerprint density at radius 1 is 1.29 bits per heavy atom. The topological polar surface area (TPSA) is 46.9 Å². The average Bonchev–Trinajstić information content (AvgIpc) is 2.75. The van der Waals surface area contributed by atoms with E-state index >= 15 is 0 Å². The molecule has 0 saturated carbocycles. The van der Waals surface area contributed by atoms with Crippen LogP contribution in [0.3, 0.4) is 0 Å². The van der Waals surface area contributed by atoms with E-state index in [1.54, 1.807) is 10.9 Å². The normalized spacial score (nSPS) is 11.3. The van der Waals surface area contributed by atoms with Crippen molar-refractivity contribution in [1.82, 2.24) is 9.78 Å². The van der Waals surface area contributed by atoms with E-state index < -0.39 is 0 Å². The number of aryl methyl sites for hydroxylation is 2. The molecule has 1 aromatic carbocycles. The van der Waals surface area contributed by atoms with Crippen molar-refractivity contribution in [2.24, 2.45) is 7.05 Å². The van der Waals surface area contributed by atoms with Gasteiger partial charge >= 0.3 is 0 Å². The molecule has 0 bridgehead atoms. The van der Waals surface area contributed by atoms with E-state index in [0.29, 0.717) is 5.92 Å². The first-order valence-corrected chi connectivity index (χ1v) is 7.05. The molecule has 2 rings (SSSR count). The van der Waals surface area contributed by atoms with Crippen LogP contribution in [-0.2, 0) is 11.8 Å². The predicted molar refractivity (Wildman–Crippen MR) is 86.1 cm³/mol. The lowest BCUT2D eigenvalue weighted by molar-refractivity contribution is -0.111. The summed E-state index contributed by atoms with van der Waals surface area (Å²) in [6.45, 7) is 6.19. The van der Waals surface area contributed by atoms with Crippen LogP contribution in [-0.4, -0.2) is 15.7 Å². The lowest BCUT2D eigenvalue weighted by Crippen LogP contribution is -2.07. The number of benzene rings is 1. The van der Waals surface area contributed by atoms with Crippen molar-refractivity contribution in [1.29, 1.82) is 0 Å². The van der Waals surface area contributed by atoms with Crippen LogP contribution in [0.25, 0.3) is 6.08 Å². The van der Waals surface area contributed by atoms with Gasteiger partial charge in [-0.15, -0.1) is 0 Å². The molecule has 1 heterocycles. The molecular formula is C17H21N3O. The number of rotatable bonds is 4. The van der Waals surface area contributed by atoms with Crippen molar-refractivity contribution in [2.45, 2.75) is 26.7 Å². The third-order valence-electron chi connectivity index (χ3n) is 3.30. The number of amides is 1. The first-order valence-electron chi connectivity index (χ1n) is 7.05. The summed E-state index contributed by atoms with van der Waals surface area (Å²) in [5.41, 5.74) is 3.85. The van der Waals surface area contributed by atoms with E-state index in [0.717, 1.165) is 16.9 Å². The molecule has 0 aliphatic heterocycles. The highest BCUT2D eigenvalue weighted by Crippen LogP contribution is 2.15. The number of anilines is 1. The van der Waals surface area contributed by atoms with Gasteiger partial charge in [0.25, 0.3) is 0 Å².